The van der Waals surface area contributed by atoms with Gasteiger partial charge in [-0.25, -0.2) is 14.4 Å². The zero-order valence-corrected chi connectivity index (χ0v) is 9.27. The quantitative estimate of drug-likeness (QED) is 0.469. The molecule has 0 unspecified atom stereocenters. The van der Waals surface area contributed by atoms with Crippen LogP contribution < -0.4 is 0 Å². The van der Waals surface area contributed by atoms with Crippen LogP contribution in [0.1, 0.15) is 12.6 Å². The molecule has 0 aliphatic rings. The van der Waals surface area contributed by atoms with E-state index >= 15 is 0 Å². The molecule has 0 amide bonds. The Bertz CT molecular complexity index is 387. The van der Waals surface area contributed by atoms with Crippen molar-refractivity contribution in [3.8, 4) is 0 Å². The summed E-state index contributed by atoms with van der Waals surface area (Å²) >= 11 is 10.9. The van der Waals surface area contributed by atoms with Crippen molar-refractivity contribution in [3.05, 3.63) is 21.9 Å². The van der Waals surface area contributed by atoms with Gasteiger partial charge in [-0.2, -0.15) is 0 Å². The summed E-state index contributed by atoms with van der Waals surface area (Å²) in [5.74, 6) is -1.45. The van der Waals surface area contributed by atoms with E-state index in [9.17, 15) is 9.18 Å². The molecular weight excluding hydrogens is 246 g/mol. The molecule has 0 atom stereocenters. The number of carbonyl (C=O) groups is 1. The lowest BCUT2D eigenvalue weighted by Crippen LogP contribution is -2.11. The van der Waals surface area contributed by atoms with E-state index in [4.69, 9.17) is 23.2 Å². The molecule has 0 aliphatic carbocycles. The first kappa shape index (κ1) is 12.1. The number of aromatic nitrogens is 2. The van der Waals surface area contributed by atoms with Crippen molar-refractivity contribution in [1.29, 1.82) is 0 Å². The lowest BCUT2D eigenvalue weighted by Gasteiger charge is -2.03. The van der Waals surface area contributed by atoms with Crippen LogP contribution in [-0.2, 0) is 16.0 Å². The van der Waals surface area contributed by atoms with Gasteiger partial charge in [-0.1, -0.05) is 11.6 Å². The topological polar surface area (TPSA) is 52.1 Å². The second-order valence-electron chi connectivity index (χ2n) is 2.53. The summed E-state index contributed by atoms with van der Waals surface area (Å²) < 4.78 is 17.9. The summed E-state index contributed by atoms with van der Waals surface area (Å²) in [7, 11) is 0. The fourth-order valence-corrected chi connectivity index (χ4v) is 1.32. The van der Waals surface area contributed by atoms with E-state index < -0.39 is 16.9 Å². The van der Waals surface area contributed by atoms with Gasteiger partial charge in [-0.3, -0.25) is 4.79 Å². The molecule has 82 valence electrons. The molecule has 7 heteroatoms. The first-order valence-corrected chi connectivity index (χ1v) is 4.83. The smallest absolute Gasteiger partial charge is 0.311 e. The molecule has 0 saturated heterocycles. The third-order valence-corrected chi connectivity index (χ3v) is 1.89. The minimum atomic E-state index is -0.853. The number of esters is 1. The van der Waals surface area contributed by atoms with Gasteiger partial charge in [-0.05, 0) is 18.5 Å². The number of hydrogen-bond donors (Lipinski definition) is 0. The first-order valence-electron chi connectivity index (χ1n) is 4.07. The lowest BCUT2D eigenvalue weighted by molar-refractivity contribution is -0.142. The van der Waals surface area contributed by atoms with Gasteiger partial charge in [0.25, 0.3) is 0 Å². The van der Waals surface area contributed by atoms with Crippen molar-refractivity contribution in [2.45, 2.75) is 13.3 Å². The van der Waals surface area contributed by atoms with Gasteiger partial charge in [0.05, 0.1) is 18.7 Å². The molecule has 1 rings (SSSR count). The first-order chi connectivity index (χ1) is 7.04. The van der Waals surface area contributed by atoms with Crippen LogP contribution in [0.15, 0.2) is 0 Å². The maximum atomic E-state index is 13.3. The SMILES string of the molecule is CCOC(=O)Cc1nc(Cl)nc(Cl)c1F. The summed E-state index contributed by atoms with van der Waals surface area (Å²) in [5, 5.41) is -0.616. The fourth-order valence-electron chi connectivity index (χ4n) is 0.900. The van der Waals surface area contributed by atoms with E-state index in [-0.39, 0.29) is 24.0 Å². The highest BCUT2D eigenvalue weighted by atomic mass is 35.5. The van der Waals surface area contributed by atoms with Crippen LogP contribution in [0.25, 0.3) is 0 Å². The number of hydrogen-bond acceptors (Lipinski definition) is 4. The van der Waals surface area contributed by atoms with Gasteiger partial charge in [0.2, 0.25) is 5.28 Å². The van der Waals surface area contributed by atoms with Crippen molar-refractivity contribution >= 4 is 29.2 Å². The Hall–Kier alpha value is -0.940. The second kappa shape index (κ2) is 5.23. The van der Waals surface area contributed by atoms with Crippen LogP contribution in [-0.4, -0.2) is 22.5 Å². The molecule has 0 bridgehead atoms. The summed E-state index contributed by atoms with van der Waals surface area (Å²) in [6.07, 6.45) is -0.318. The Labute approximate surface area is 95.4 Å². The molecule has 0 radical (unpaired) electrons. The standard InChI is InChI=1S/C8H7Cl2FN2O2/c1-2-15-5(14)3-4-6(11)7(9)13-8(10)12-4/h2-3H2,1H3. The molecule has 1 heterocycles. The van der Waals surface area contributed by atoms with Crippen LogP contribution in [0.2, 0.25) is 10.4 Å². The summed E-state index contributed by atoms with van der Waals surface area (Å²) in [6.45, 7) is 1.86. The molecule has 0 aromatic carbocycles. The minimum absolute atomic E-state index is 0.168. The van der Waals surface area contributed by atoms with E-state index in [0.717, 1.165) is 0 Å². The van der Waals surface area contributed by atoms with Crippen molar-refractivity contribution in [2.24, 2.45) is 0 Å². The Morgan fingerprint density at radius 1 is 1.47 bits per heavy atom. The molecule has 15 heavy (non-hydrogen) atoms. The lowest BCUT2D eigenvalue weighted by atomic mass is 10.3. The van der Waals surface area contributed by atoms with E-state index in [1.165, 1.54) is 0 Å². The van der Waals surface area contributed by atoms with Gasteiger partial charge in [0.15, 0.2) is 11.0 Å². The van der Waals surface area contributed by atoms with Crippen molar-refractivity contribution in [2.75, 3.05) is 6.61 Å². The zero-order chi connectivity index (χ0) is 11.4. The Kier molecular flexibility index (Phi) is 4.23. The highest BCUT2D eigenvalue weighted by molar-refractivity contribution is 6.31. The summed E-state index contributed by atoms with van der Waals surface area (Å²) in [6, 6.07) is 0. The fraction of sp³-hybridized carbons (Fsp3) is 0.375. The molecular formula is C8H7Cl2FN2O2. The Morgan fingerprint density at radius 2 is 2.13 bits per heavy atom. The Balaban J connectivity index is 2.89. The number of rotatable bonds is 3. The monoisotopic (exact) mass is 252 g/mol. The van der Waals surface area contributed by atoms with Gasteiger partial charge >= 0.3 is 5.97 Å². The Morgan fingerprint density at radius 3 is 2.73 bits per heavy atom. The predicted molar refractivity (Wildman–Crippen MR) is 52.3 cm³/mol. The molecule has 0 N–H and O–H groups in total. The van der Waals surface area contributed by atoms with Crippen LogP contribution in [0.3, 0.4) is 0 Å². The molecule has 0 saturated carbocycles. The highest BCUT2D eigenvalue weighted by Crippen LogP contribution is 2.17. The van der Waals surface area contributed by atoms with E-state index in [2.05, 4.69) is 14.7 Å². The minimum Gasteiger partial charge on any atom is -0.466 e. The highest BCUT2D eigenvalue weighted by Gasteiger charge is 2.15. The van der Waals surface area contributed by atoms with Crippen molar-refractivity contribution in [1.82, 2.24) is 9.97 Å². The summed E-state index contributed by atoms with van der Waals surface area (Å²) in [4.78, 5) is 18.0. The number of halogens is 3. The molecule has 4 nitrogen and oxygen atoms in total. The van der Waals surface area contributed by atoms with Crippen LogP contribution in [0.4, 0.5) is 4.39 Å². The zero-order valence-electron chi connectivity index (χ0n) is 7.76. The molecule has 1 aromatic rings. The average molecular weight is 253 g/mol. The van der Waals surface area contributed by atoms with Crippen LogP contribution in [0, 0.1) is 5.82 Å². The van der Waals surface area contributed by atoms with Gasteiger partial charge < -0.3 is 4.74 Å². The molecule has 1 aromatic heterocycles. The largest absolute Gasteiger partial charge is 0.466 e. The number of carbonyl (C=O) groups excluding carboxylic acids is 1. The third-order valence-electron chi connectivity index (χ3n) is 1.47. The number of nitrogens with zero attached hydrogens (tertiary/aromatic N) is 2. The maximum absolute atomic E-state index is 13.3. The number of ether oxygens (including phenoxy) is 1. The third kappa shape index (κ3) is 3.28. The van der Waals surface area contributed by atoms with E-state index in [1.54, 1.807) is 6.92 Å². The van der Waals surface area contributed by atoms with Crippen molar-refractivity contribution in [3.63, 3.8) is 0 Å². The van der Waals surface area contributed by atoms with Crippen molar-refractivity contribution < 1.29 is 13.9 Å². The normalized spacial score (nSPS) is 10.1. The van der Waals surface area contributed by atoms with Crippen LogP contribution in [0.5, 0.6) is 0 Å². The molecule has 0 spiro atoms. The van der Waals surface area contributed by atoms with Gasteiger partial charge in [-0.15, -0.1) is 0 Å². The van der Waals surface area contributed by atoms with Gasteiger partial charge in [0.1, 0.15) is 0 Å². The second-order valence-corrected chi connectivity index (χ2v) is 3.22. The van der Waals surface area contributed by atoms with Gasteiger partial charge in [0, 0.05) is 0 Å². The van der Waals surface area contributed by atoms with E-state index in [0.29, 0.717) is 0 Å². The molecule has 0 aliphatic heterocycles. The maximum Gasteiger partial charge on any atom is 0.311 e. The average Bonchev–Trinajstić information content (AvgIpc) is 2.13. The summed E-state index contributed by atoms with van der Waals surface area (Å²) in [5.41, 5.74) is -0.168. The molecule has 0 fully saturated rings. The predicted octanol–water partition coefficient (Wildman–Crippen LogP) is 2.03. The van der Waals surface area contributed by atoms with Crippen LogP contribution >= 0.6 is 23.2 Å². The van der Waals surface area contributed by atoms with E-state index in [1.807, 2.05) is 0 Å².